The summed E-state index contributed by atoms with van der Waals surface area (Å²) in [5.74, 6) is 1.74. The number of aliphatic hydroxyl groups is 3. The number of nitrogens with one attached hydrogen (secondary N) is 1. The molecule has 1 unspecified atom stereocenters. The maximum absolute atomic E-state index is 9.95. The Morgan fingerprint density at radius 3 is 2.51 bits per heavy atom. The number of hydrogen-bond acceptors (Lipinski definition) is 9. The second kappa shape index (κ2) is 17.0. The van der Waals surface area contributed by atoms with Crippen LogP contribution in [0.25, 0.3) is 11.1 Å². The van der Waals surface area contributed by atoms with Crippen molar-refractivity contribution in [3.8, 4) is 34.4 Å². The quantitative estimate of drug-likeness (QED) is 0.163. The van der Waals surface area contributed by atoms with Crippen molar-refractivity contribution in [1.29, 1.82) is 5.26 Å². The van der Waals surface area contributed by atoms with Crippen molar-refractivity contribution < 1.29 is 29.5 Å². The number of benzene rings is 3. The molecule has 0 saturated carbocycles. The van der Waals surface area contributed by atoms with Crippen LogP contribution in [0.5, 0.6) is 17.2 Å². The molecule has 0 amide bonds. The first-order valence-corrected chi connectivity index (χ1v) is 15.3. The number of dihydropyridines is 1. The molecule has 238 valence electrons. The number of ether oxygens (including phenoxy) is 3. The van der Waals surface area contributed by atoms with E-state index in [1.54, 1.807) is 6.21 Å². The topological polar surface area (TPSA) is 137 Å². The molecular weight excluding hydrogens is 594 g/mol. The molecule has 0 radical (unpaired) electrons. The standard InChI is InChI=1S/C35H40ClN3O6/c1-23-12-28(18-40)34(44-21-26-13-25(15-37)16-38-17-26)14-33(23)45-22-27-6-3-7-30(24(27)2)31-8-4-9-32(35(31)36)43-11-5-10-39-29(19-41)20-42/h3-4,6-9,12-14,16,26,29,39-42H,5,10-11,17-22H2,1-2H3. The fraction of sp³-hybridized carbons (Fsp3) is 0.371. The fourth-order valence-corrected chi connectivity index (χ4v) is 5.29. The number of aliphatic hydroxyl groups excluding tert-OH is 3. The molecule has 1 aliphatic heterocycles. The zero-order chi connectivity index (χ0) is 32.2. The van der Waals surface area contributed by atoms with Crippen LogP contribution in [0.15, 0.2) is 65.2 Å². The minimum Gasteiger partial charge on any atom is -0.492 e. The minimum absolute atomic E-state index is 0.0310. The van der Waals surface area contributed by atoms with Gasteiger partial charge < -0.3 is 34.8 Å². The van der Waals surface area contributed by atoms with Gasteiger partial charge >= 0.3 is 0 Å². The Hall–Kier alpha value is -3.91. The third-order valence-electron chi connectivity index (χ3n) is 7.63. The van der Waals surface area contributed by atoms with Gasteiger partial charge in [0.2, 0.25) is 0 Å². The highest BCUT2D eigenvalue weighted by Crippen LogP contribution is 2.38. The molecular formula is C35H40ClN3O6. The van der Waals surface area contributed by atoms with E-state index in [1.807, 2.05) is 68.5 Å². The Morgan fingerprint density at radius 1 is 0.978 bits per heavy atom. The molecule has 0 spiro atoms. The van der Waals surface area contributed by atoms with Crippen LogP contribution < -0.4 is 19.5 Å². The molecule has 1 heterocycles. The molecule has 3 aromatic rings. The predicted molar refractivity (Wildman–Crippen MR) is 175 cm³/mol. The van der Waals surface area contributed by atoms with Crippen molar-refractivity contribution in [2.24, 2.45) is 10.9 Å². The van der Waals surface area contributed by atoms with Gasteiger partial charge in [-0.1, -0.05) is 48.0 Å². The van der Waals surface area contributed by atoms with E-state index in [1.165, 1.54) is 0 Å². The van der Waals surface area contributed by atoms with Crippen LogP contribution in [-0.2, 0) is 13.2 Å². The smallest absolute Gasteiger partial charge is 0.138 e. The largest absolute Gasteiger partial charge is 0.492 e. The predicted octanol–water partition coefficient (Wildman–Crippen LogP) is 4.94. The summed E-state index contributed by atoms with van der Waals surface area (Å²) in [6.45, 7) is 5.74. The van der Waals surface area contributed by atoms with Crippen molar-refractivity contribution in [2.75, 3.05) is 39.5 Å². The van der Waals surface area contributed by atoms with Gasteiger partial charge in [-0.15, -0.1) is 0 Å². The number of allylic oxidation sites excluding steroid dienone is 1. The Kier molecular flexibility index (Phi) is 12.8. The molecule has 45 heavy (non-hydrogen) atoms. The highest BCUT2D eigenvalue weighted by Gasteiger charge is 2.17. The van der Waals surface area contributed by atoms with E-state index in [9.17, 15) is 20.6 Å². The van der Waals surface area contributed by atoms with Crippen molar-refractivity contribution in [1.82, 2.24) is 5.32 Å². The summed E-state index contributed by atoms with van der Waals surface area (Å²) < 4.78 is 18.3. The first kappa shape index (κ1) is 34.0. The molecule has 0 fully saturated rings. The van der Waals surface area contributed by atoms with Crippen LogP contribution in [0.2, 0.25) is 5.02 Å². The summed E-state index contributed by atoms with van der Waals surface area (Å²) in [4.78, 5) is 4.24. The van der Waals surface area contributed by atoms with Crippen molar-refractivity contribution in [3.63, 3.8) is 0 Å². The SMILES string of the molecule is Cc1cc(CO)c(OCC2C=C(C#N)C=NC2)cc1OCc1cccc(-c2cccc(OCCCNC(CO)CO)c2Cl)c1C. The third-order valence-corrected chi connectivity index (χ3v) is 8.02. The Bertz CT molecular complexity index is 1550. The molecule has 3 aromatic carbocycles. The second-order valence-corrected chi connectivity index (χ2v) is 11.3. The summed E-state index contributed by atoms with van der Waals surface area (Å²) in [5.41, 5.74) is 5.90. The maximum atomic E-state index is 9.95. The van der Waals surface area contributed by atoms with E-state index in [0.717, 1.165) is 27.8 Å². The average molecular weight is 634 g/mol. The summed E-state index contributed by atoms with van der Waals surface area (Å²) >= 11 is 6.82. The highest BCUT2D eigenvalue weighted by molar-refractivity contribution is 6.34. The number of hydrogen-bond donors (Lipinski definition) is 4. The number of nitriles is 1. The normalized spacial score (nSPS) is 14.3. The van der Waals surface area contributed by atoms with E-state index >= 15 is 0 Å². The average Bonchev–Trinajstić information content (AvgIpc) is 3.06. The number of aliphatic imine (C=N–C) groups is 1. The van der Waals surface area contributed by atoms with Crippen molar-refractivity contribution in [2.45, 2.75) is 39.5 Å². The lowest BCUT2D eigenvalue weighted by molar-refractivity contribution is 0.169. The lowest BCUT2D eigenvalue weighted by Gasteiger charge is -2.19. The van der Waals surface area contributed by atoms with Gasteiger partial charge in [0.25, 0.3) is 0 Å². The number of aryl methyl sites for hydroxylation is 1. The van der Waals surface area contributed by atoms with Crippen LogP contribution in [0.4, 0.5) is 0 Å². The van der Waals surface area contributed by atoms with Crippen LogP contribution in [0, 0.1) is 31.1 Å². The van der Waals surface area contributed by atoms with Gasteiger partial charge in [0.1, 0.15) is 29.9 Å². The molecule has 9 nitrogen and oxygen atoms in total. The molecule has 0 bridgehead atoms. The molecule has 4 N–H and O–H groups in total. The molecule has 0 saturated heterocycles. The van der Waals surface area contributed by atoms with Gasteiger partial charge in [0.05, 0.1) is 49.7 Å². The van der Waals surface area contributed by atoms with Crippen LogP contribution in [0.3, 0.4) is 0 Å². The second-order valence-electron chi connectivity index (χ2n) is 10.9. The zero-order valence-electron chi connectivity index (χ0n) is 25.6. The zero-order valence-corrected chi connectivity index (χ0v) is 26.4. The van der Waals surface area contributed by atoms with E-state index in [0.29, 0.717) is 72.7 Å². The Morgan fingerprint density at radius 2 is 1.76 bits per heavy atom. The van der Waals surface area contributed by atoms with Gasteiger partial charge in [0, 0.05) is 35.9 Å². The molecule has 1 atom stereocenters. The van der Waals surface area contributed by atoms with Crippen molar-refractivity contribution >= 4 is 17.8 Å². The maximum Gasteiger partial charge on any atom is 0.138 e. The first-order chi connectivity index (χ1) is 21.9. The first-order valence-electron chi connectivity index (χ1n) is 14.9. The number of rotatable bonds is 16. The Labute approximate surface area is 269 Å². The Balaban J connectivity index is 1.44. The lowest BCUT2D eigenvalue weighted by Crippen LogP contribution is -2.36. The van der Waals surface area contributed by atoms with E-state index in [2.05, 4.69) is 16.4 Å². The van der Waals surface area contributed by atoms with Gasteiger partial charge in [-0.05, 0) is 61.2 Å². The van der Waals surface area contributed by atoms with Crippen LogP contribution in [0.1, 0.15) is 28.7 Å². The summed E-state index contributed by atoms with van der Waals surface area (Å²) in [5, 5.41) is 41.1. The minimum atomic E-state index is -0.338. The monoisotopic (exact) mass is 633 g/mol. The molecule has 1 aliphatic rings. The fourth-order valence-electron chi connectivity index (χ4n) is 5.01. The van der Waals surface area contributed by atoms with Crippen molar-refractivity contribution in [3.05, 3.63) is 87.5 Å². The molecule has 0 aliphatic carbocycles. The molecule has 4 rings (SSSR count). The summed E-state index contributed by atoms with van der Waals surface area (Å²) in [7, 11) is 0. The summed E-state index contributed by atoms with van der Waals surface area (Å²) in [6.07, 6.45) is 4.11. The van der Waals surface area contributed by atoms with Gasteiger partial charge in [-0.25, -0.2) is 0 Å². The van der Waals surface area contributed by atoms with Gasteiger partial charge in [0.15, 0.2) is 0 Å². The van der Waals surface area contributed by atoms with E-state index in [4.69, 9.17) is 25.8 Å². The van der Waals surface area contributed by atoms with Gasteiger partial charge in [-0.2, -0.15) is 5.26 Å². The van der Waals surface area contributed by atoms with E-state index in [-0.39, 0.29) is 31.8 Å². The lowest BCUT2D eigenvalue weighted by atomic mass is 9.96. The van der Waals surface area contributed by atoms with Crippen LogP contribution in [-0.4, -0.2) is 67.1 Å². The molecule has 0 aromatic heterocycles. The number of halogens is 1. The van der Waals surface area contributed by atoms with Gasteiger partial charge in [-0.3, -0.25) is 4.99 Å². The summed E-state index contributed by atoms with van der Waals surface area (Å²) in [6, 6.07) is 17.2. The van der Waals surface area contributed by atoms with Crippen LogP contribution >= 0.6 is 11.6 Å². The third kappa shape index (κ3) is 9.07. The van der Waals surface area contributed by atoms with E-state index < -0.39 is 0 Å². The number of nitrogens with zero attached hydrogens (tertiary/aromatic N) is 2. The molecule has 10 heteroatoms. The highest BCUT2D eigenvalue weighted by atomic mass is 35.5.